The minimum atomic E-state index is -0.480. The van der Waals surface area contributed by atoms with E-state index in [9.17, 15) is 4.79 Å². The first-order valence-corrected chi connectivity index (χ1v) is 18.7. The van der Waals surface area contributed by atoms with E-state index in [4.69, 9.17) is 23.5 Å². The van der Waals surface area contributed by atoms with Crippen LogP contribution in [0.2, 0.25) is 0 Å². The van der Waals surface area contributed by atoms with E-state index in [2.05, 4.69) is 41.7 Å². The maximum atomic E-state index is 12.3. The third kappa shape index (κ3) is 9.61. The van der Waals surface area contributed by atoms with Crippen LogP contribution in [-0.2, 0) is 23.3 Å². The maximum Gasteiger partial charge on any atom is 0.410 e. The van der Waals surface area contributed by atoms with Crippen LogP contribution in [0.1, 0.15) is 70.1 Å². The predicted octanol–water partition coefficient (Wildman–Crippen LogP) is 10.6. The van der Waals surface area contributed by atoms with Crippen molar-refractivity contribution in [3.8, 4) is 45.2 Å². The summed E-state index contributed by atoms with van der Waals surface area (Å²) in [5, 5.41) is 3.40. The Kier molecular flexibility index (Phi) is 12.9. The van der Waals surface area contributed by atoms with Gasteiger partial charge in [-0.2, -0.15) is 0 Å². The van der Waals surface area contributed by atoms with E-state index in [1.54, 1.807) is 4.90 Å². The number of hydrogen-bond donors (Lipinski definition) is 1. The van der Waals surface area contributed by atoms with Crippen molar-refractivity contribution in [2.75, 3.05) is 26.2 Å². The van der Waals surface area contributed by atoms with Crippen LogP contribution >= 0.6 is 0 Å². The molecule has 1 radical (unpaired) electrons. The Labute approximate surface area is 330 Å². The monoisotopic (exact) mass is 759 g/mol. The van der Waals surface area contributed by atoms with Gasteiger partial charge in [0.2, 0.25) is 0 Å². The summed E-state index contributed by atoms with van der Waals surface area (Å²) < 4.78 is 18.1. The quantitative estimate of drug-likeness (QED) is 0.181. The smallest absolute Gasteiger partial charge is 0.410 e. The maximum absolute atomic E-state index is 12.3. The molecule has 277 valence electrons. The molecular formula is C45H48N4O4V. The van der Waals surface area contributed by atoms with Gasteiger partial charge in [-0.15, -0.1) is 0 Å². The fourth-order valence-corrected chi connectivity index (χ4v) is 6.88. The van der Waals surface area contributed by atoms with Crippen LogP contribution in [0.5, 0.6) is 0 Å². The Hall–Kier alpha value is -4.89. The van der Waals surface area contributed by atoms with E-state index in [1.807, 2.05) is 106 Å². The fourth-order valence-electron chi connectivity index (χ4n) is 6.88. The summed E-state index contributed by atoms with van der Waals surface area (Å²) in [6.07, 6.45) is 3.54. The first-order chi connectivity index (χ1) is 25.8. The molecule has 0 saturated carbocycles. The minimum Gasteiger partial charge on any atom is -0.444 e. The van der Waals surface area contributed by atoms with Gasteiger partial charge >= 0.3 is 6.09 Å². The van der Waals surface area contributed by atoms with Gasteiger partial charge in [-0.05, 0) is 59.5 Å². The number of nitrogens with one attached hydrogen (secondary N) is 1. The zero-order valence-corrected chi connectivity index (χ0v) is 32.7. The molecule has 2 aliphatic rings. The van der Waals surface area contributed by atoms with Crippen LogP contribution in [0.15, 0.2) is 130 Å². The Morgan fingerprint density at radius 3 is 1.37 bits per heavy atom. The van der Waals surface area contributed by atoms with Gasteiger partial charge in [0.25, 0.3) is 0 Å². The molecule has 0 bridgehead atoms. The molecular weight excluding hydrogens is 711 g/mol. The second kappa shape index (κ2) is 18.0. The van der Waals surface area contributed by atoms with Crippen LogP contribution in [0.25, 0.3) is 45.2 Å². The number of nitrogens with zero attached hydrogens (tertiary/aromatic N) is 3. The second-order valence-electron chi connectivity index (χ2n) is 14.7. The summed E-state index contributed by atoms with van der Waals surface area (Å²) in [6, 6.07) is 40.8. The molecule has 0 unspecified atom stereocenters. The SMILES string of the molecule is CC(C)(C)OC(=O)N1CCC(c2nc(-c3ccccc3)c(-c3ccccc3)o2)CC1.[V].c1ccc(-c2nc(C3CCNCC3)oc2-c2ccccc2)cc1. The van der Waals surface area contributed by atoms with E-state index >= 15 is 0 Å². The molecule has 2 aromatic heterocycles. The molecule has 2 aliphatic heterocycles. The summed E-state index contributed by atoms with van der Waals surface area (Å²) in [6.45, 7) is 9.03. The van der Waals surface area contributed by atoms with Gasteiger partial charge < -0.3 is 23.8 Å². The largest absolute Gasteiger partial charge is 0.444 e. The number of carbonyl (C=O) groups is 1. The summed E-state index contributed by atoms with van der Waals surface area (Å²) in [7, 11) is 0. The number of rotatable bonds is 6. The Morgan fingerprint density at radius 2 is 0.981 bits per heavy atom. The molecule has 8 nitrogen and oxygen atoms in total. The van der Waals surface area contributed by atoms with Crippen LogP contribution < -0.4 is 5.32 Å². The van der Waals surface area contributed by atoms with Crippen molar-refractivity contribution >= 4 is 6.09 Å². The molecule has 54 heavy (non-hydrogen) atoms. The number of likely N-dealkylation sites (tertiary alicyclic amines) is 1. The number of amides is 1. The normalized spacial score (nSPS) is 15.1. The van der Waals surface area contributed by atoms with Crippen molar-refractivity contribution in [2.45, 2.75) is 63.9 Å². The van der Waals surface area contributed by atoms with Gasteiger partial charge in [-0.3, -0.25) is 0 Å². The summed E-state index contributed by atoms with van der Waals surface area (Å²) in [4.78, 5) is 23.9. The molecule has 0 aliphatic carbocycles. The second-order valence-corrected chi connectivity index (χ2v) is 14.7. The summed E-state index contributed by atoms with van der Waals surface area (Å²) >= 11 is 0. The molecule has 1 amide bonds. The van der Waals surface area contributed by atoms with Crippen molar-refractivity contribution in [3.05, 3.63) is 133 Å². The van der Waals surface area contributed by atoms with E-state index in [1.165, 1.54) is 0 Å². The van der Waals surface area contributed by atoms with Crippen LogP contribution in [0.3, 0.4) is 0 Å². The van der Waals surface area contributed by atoms with E-state index in [0.717, 1.165) is 95.7 Å². The van der Waals surface area contributed by atoms with Crippen LogP contribution in [-0.4, -0.2) is 52.7 Å². The van der Waals surface area contributed by atoms with Crippen LogP contribution in [0, 0.1) is 0 Å². The zero-order chi connectivity index (χ0) is 36.6. The Bertz CT molecular complexity index is 1930. The Balaban J connectivity index is 0.000000187. The summed E-state index contributed by atoms with van der Waals surface area (Å²) in [5.41, 5.74) is 5.58. The standard InChI is InChI=1S/C25H28N2O3.C20H20N2O.V/c1-25(2,3)30-24(28)27-16-14-20(15-17-27)23-26-21(18-10-6-4-7-11-18)22(29-23)19-12-8-5-9-13-19;1-3-7-15(8-4-1)18-19(16-9-5-2-6-10-16)23-20(22-18)17-11-13-21-14-12-17;/h4-13,20H,14-17H2,1-3H3;1-10,17,21H,11-14H2;. The molecule has 0 atom stereocenters. The van der Waals surface area contributed by atoms with E-state index in [0.29, 0.717) is 19.0 Å². The number of oxazole rings is 2. The number of aromatic nitrogens is 2. The van der Waals surface area contributed by atoms with Crippen molar-refractivity contribution < 1.29 is 36.9 Å². The number of carbonyl (C=O) groups excluding carboxylic acids is 1. The number of piperidine rings is 2. The molecule has 2 saturated heterocycles. The molecule has 1 N–H and O–H groups in total. The van der Waals surface area contributed by atoms with Crippen LogP contribution in [0.4, 0.5) is 4.79 Å². The third-order valence-electron chi connectivity index (χ3n) is 9.64. The van der Waals surface area contributed by atoms with Gasteiger partial charge in [0, 0.05) is 65.7 Å². The van der Waals surface area contributed by atoms with Crippen molar-refractivity contribution in [1.82, 2.24) is 20.2 Å². The predicted molar refractivity (Wildman–Crippen MR) is 209 cm³/mol. The fraction of sp³-hybridized carbons (Fsp3) is 0.311. The minimum absolute atomic E-state index is 0. The first kappa shape index (κ1) is 38.8. The number of ether oxygens (including phenoxy) is 1. The van der Waals surface area contributed by atoms with Crippen molar-refractivity contribution in [2.24, 2.45) is 0 Å². The molecule has 0 spiro atoms. The molecule has 4 heterocycles. The molecule has 9 heteroatoms. The number of hydrogen-bond acceptors (Lipinski definition) is 7. The average Bonchev–Trinajstić information content (AvgIpc) is 3.86. The van der Waals surface area contributed by atoms with Crippen molar-refractivity contribution in [3.63, 3.8) is 0 Å². The van der Waals surface area contributed by atoms with Gasteiger partial charge in [0.1, 0.15) is 17.0 Å². The topological polar surface area (TPSA) is 93.6 Å². The Morgan fingerprint density at radius 1 is 0.611 bits per heavy atom. The molecule has 2 fully saturated rings. The van der Waals surface area contributed by atoms with Crippen molar-refractivity contribution in [1.29, 1.82) is 0 Å². The molecule has 4 aromatic carbocycles. The molecule has 8 rings (SSSR count). The van der Waals surface area contributed by atoms with Gasteiger partial charge in [-0.1, -0.05) is 121 Å². The van der Waals surface area contributed by atoms with Gasteiger partial charge in [0.05, 0.1) is 0 Å². The molecule has 6 aromatic rings. The summed E-state index contributed by atoms with van der Waals surface area (Å²) in [5.74, 6) is 3.90. The zero-order valence-electron chi connectivity index (χ0n) is 31.3. The first-order valence-electron chi connectivity index (χ1n) is 18.7. The van der Waals surface area contributed by atoms with Gasteiger partial charge in [0.15, 0.2) is 23.3 Å². The number of benzene rings is 4. The van der Waals surface area contributed by atoms with Gasteiger partial charge in [-0.25, -0.2) is 14.8 Å². The average molecular weight is 760 g/mol. The van der Waals surface area contributed by atoms with E-state index in [-0.39, 0.29) is 30.6 Å². The van der Waals surface area contributed by atoms with E-state index < -0.39 is 5.60 Å². The third-order valence-corrected chi connectivity index (χ3v) is 9.64.